The van der Waals surface area contributed by atoms with Gasteiger partial charge in [-0.3, -0.25) is 4.79 Å². The van der Waals surface area contributed by atoms with Gasteiger partial charge in [-0.15, -0.1) is 0 Å². The minimum absolute atomic E-state index is 0.154. The van der Waals surface area contributed by atoms with Crippen LogP contribution >= 0.6 is 0 Å². The van der Waals surface area contributed by atoms with Gasteiger partial charge in [0, 0.05) is 6.42 Å². The van der Waals surface area contributed by atoms with Crippen LogP contribution in [-0.2, 0) is 9.53 Å². The topological polar surface area (TPSA) is 66.8 Å². The number of aliphatic hydroxyl groups excluding tert-OH is 2. The van der Waals surface area contributed by atoms with Crippen LogP contribution in [0.25, 0.3) is 0 Å². The van der Waals surface area contributed by atoms with Gasteiger partial charge in [-0.2, -0.15) is 0 Å². The molecule has 2 N–H and O–H groups in total. The van der Waals surface area contributed by atoms with Gasteiger partial charge >= 0.3 is 5.97 Å². The quantitative estimate of drug-likeness (QED) is 0.254. The van der Waals surface area contributed by atoms with Crippen LogP contribution < -0.4 is 0 Å². The number of esters is 1. The Kier molecular flexibility index (Phi) is 20.5. The van der Waals surface area contributed by atoms with Gasteiger partial charge in [0.05, 0.1) is 6.61 Å². The Balaban J connectivity index is 3.58. The van der Waals surface area contributed by atoms with Crippen molar-refractivity contribution < 1.29 is 19.7 Å². The van der Waals surface area contributed by atoms with E-state index in [0.29, 0.717) is 6.42 Å². The first kappa shape index (κ1) is 26.8. The molecule has 0 aromatic carbocycles. The van der Waals surface area contributed by atoms with E-state index in [4.69, 9.17) is 14.9 Å². The van der Waals surface area contributed by atoms with E-state index < -0.39 is 12.7 Å². The van der Waals surface area contributed by atoms with Crippen LogP contribution in [0.4, 0.5) is 0 Å². The summed E-state index contributed by atoms with van der Waals surface area (Å²) in [7, 11) is 0. The highest BCUT2D eigenvalue weighted by atomic mass is 16.5. The molecule has 0 spiro atoms. The summed E-state index contributed by atoms with van der Waals surface area (Å²) in [5, 5.41) is 17.7. The summed E-state index contributed by atoms with van der Waals surface area (Å²) >= 11 is 0. The first-order valence-electron chi connectivity index (χ1n) is 10.5. The smallest absolute Gasteiger partial charge is 0.306 e. The number of carbonyl (C=O) groups is 1. The van der Waals surface area contributed by atoms with Crippen LogP contribution in [-0.4, -0.2) is 35.5 Å². The molecule has 0 aliphatic rings. The van der Waals surface area contributed by atoms with Crippen LogP contribution in [0.15, 0.2) is 72.9 Å². The van der Waals surface area contributed by atoms with Crippen molar-refractivity contribution in [1.29, 1.82) is 0 Å². The van der Waals surface area contributed by atoms with Crippen molar-refractivity contribution in [3.05, 3.63) is 72.9 Å². The van der Waals surface area contributed by atoms with Gasteiger partial charge in [-0.05, 0) is 44.9 Å². The molecular weight excluding hydrogens is 364 g/mol. The Morgan fingerprint density at radius 1 is 0.759 bits per heavy atom. The molecule has 0 aliphatic carbocycles. The Hall–Kier alpha value is -2.17. The molecule has 4 nitrogen and oxygen atoms in total. The molecule has 0 aliphatic heterocycles. The third kappa shape index (κ3) is 22.0. The van der Waals surface area contributed by atoms with Crippen molar-refractivity contribution in [2.45, 2.75) is 64.4 Å². The molecule has 0 radical (unpaired) electrons. The lowest BCUT2D eigenvalue weighted by Crippen LogP contribution is -2.21. The average Bonchev–Trinajstić information content (AvgIpc) is 2.73. The second-order valence-corrected chi connectivity index (χ2v) is 6.47. The lowest BCUT2D eigenvalue weighted by molar-refractivity contribution is -0.147. The van der Waals surface area contributed by atoms with Crippen LogP contribution in [0.3, 0.4) is 0 Å². The normalized spacial score (nSPS) is 13.9. The maximum absolute atomic E-state index is 11.4. The summed E-state index contributed by atoms with van der Waals surface area (Å²) in [6.45, 7) is 1.59. The zero-order chi connectivity index (χ0) is 21.4. The zero-order valence-corrected chi connectivity index (χ0v) is 17.8. The maximum atomic E-state index is 11.4. The molecule has 0 aromatic rings. The van der Waals surface area contributed by atoms with E-state index in [0.717, 1.165) is 38.5 Å². The van der Waals surface area contributed by atoms with E-state index in [-0.39, 0.29) is 19.0 Å². The Bertz CT molecular complexity index is 553. The van der Waals surface area contributed by atoms with Crippen molar-refractivity contribution >= 4 is 5.97 Å². The second-order valence-electron chi connectivity index (χ2n) is 6.47. The third-order valence-corrected chi connectivity index (χ3v) is 3.76. The number of carbonyl (C=O) groups excluding carboxylic acids is 1. The Morgan fingerprint density at radius 3 is 1.59 bits per heavy atom. The molecule has 1 atom stereocenters. The molecule has 0 bridgehead atoms. The monoisotopic (exact) mass is 402 g/mol. The van der Waals surface area contributed by atoms with Crippen molar-refractivity contribution in [2.24, 2.45) is 0 Å². The third-order valence-electron chi connectivity index (χ3n) is 3.76. The van der Waals surface area contributed by atoms with Crippen molar-refractivity contribution in [1.82, 2.24) is 0 Å². The molecule has 162 valence electrons. The number of aliphatic hydroxyl groups is 2. The number of hydrogen-bond acceptors (Lipinski definition) is 4. The summed E-state index contributed by atoms with van der Waals surface area (Å²) in [6, 6.07) is 0. The fraction of sp³-hybridized carbons (Fsp3) is 0.480. The van der Waals surface area contributed by atoms with Crippen molar-refractivity contribution in [3.63, 3.8) is 0 Å². The van der Waals surface area contributed by atoms with Gasteiger partial charge in [0.15, 0.2) is 0 Å². The SMILES string of the molecule is CC/C=C\C/C=C/C/C=C/C/C=C/C/C=C/C/C=C/CCC(=O)OCC(O)CO. The van der Waals surface area contributed by atoms with E-state index in [1.165, 1.54) is 0 Å². The highest BCUT2D eigenvalue weighted by Crippen LogP contribution is 1.99. The van der Waals surface area contributed by atoms with Crippen LogP contribution in [0, 0.1) is 0 Å². The maximum Gasteiger partial charge on any atom is 0.306 e. The summed E-state index contributed by atoms with van der Waals surface area (Å²) in [5.41, 5.74) is 0. The second kappa shape index (κ2) is 22.1. The van der Waals surface area contributed by atoms with Gasteiger partial charge in [0.25, 0.3) is 0 Å². The van der Waals surface area contributed by atoms with E-state index >= 15 is 0 Å². The van der Waals surface area contributed by atoms with Gasteiger partial charge in [-0.25, -0.2) is 0 Å². The highest BCUT2D eigenvalue weighted by molar-refractivity contribution is 5.69. The van der Waals surface area contributed by atoms with Crippen molar-refractivity contribution in [3.8, 4) is 0 Å². The Labute approximate surface area is 176 Å². The summed E-state index contributed by atoms with van der Waals surface area (Å²) in [4.78, 5) is 11.4. The first-order chi connectivity index (χ1) is 14.2. The van der Waals surface area contributed by atoms with Gasteiger partial charge in [0.1, 0.15) is 12.7 Å². The number of allylic oxidation sites excluding steroid dienone is 12. The van der Waals surface area contributed by atoms with Gasteiger partial charge in [0.2, 0.25) is 0 Å². The lowest BCUT2D eigenvalue weighted by atomic mass is 10.2. The van der Waals surface area contributed by atoms with E-state index in [1.807, 2.05) is 12.2 Å². The summed E-state index contributed by atoms with van der Waals surface area (Å²) < 4.78 is 4.82. The molecule has 0 saturated heterocycles. The molecule has 0 fully saturated rings. The van der Waals surface area contributed by atoms with E-state index in [2.05, 4.69) is 67.7 Å². The number of hydrogen-bond donors (Lipinski definition) is 2. The van der Waals surface area contributed by atoms with Gasteiger partial charge < -0.3 is 14.9 Å². The molecule has 0 saturated carbocycles. The standard InChI is InChI=1S/C25H38O4/c1-2-3-4-5-6-7-8-9-10-11-12-13-14-15-16-17-18-19-20-21-25(28)29-23-24(27)22-26/h3-4,6-7,9-10,12-13,15-16,18-19,24,26-27H,2,5,8,11,14,17,20-23H2,1H3/b4-3-,7-6+,10-9+,13-12+,16-15+,19-18+. The predicted octanol–water partition coefficient (Wildman–Crippen LogP) is 5.36. The number of ether oxygens (including phenoxy) is 1. The Morgan fingerprint density at radius 2 is 1.17 bits per heavy atom. The molecular formula is C25H38O4. The molecule has 0 aromatic heterocycles. The summed E-state index contributed by atoms with van der Waals surface area (Å²) in [5.74, 6) is -0.364. The fourth-order valence-corrected chi connectivity index (χ4v) is 2.15. The highest BCUT2D eigenvalue weighted by Gasteiger charge is 2.06. The predicted molar refractivity (Wildman–Crippen MR) is 122 cm³/mol. The number of rotatable bonds is 17. The largest absolute Gasteiger partial charge is 0.463 e. The lowest BCUT2D eigenvalue weighted by Gasteiger charge is -2.07. The van der Waals surface area contributed by atoms with Gasteiger partial charge in [-0.1, -0.05) is 79.8 Å². The first-order valence-corrected chi connectivity index (χ1v) is 10.5. The summed E-state index contributed by atoms with van der Waals surface area (Å²) in [6.07, 6.45) is 31.4. The van der Waals surface area contributed by atoms with Crippen LogP contribution in [0.5, 0.6) is 0 Å². The minimum Gasteiger partial charge on any atom is -0.463 e. The zero-order valence-electron chi connectivity index (χ0n) is 17.8. The molecule has 1 unspecified atom stereocenters. The van der Waals surface area contributed by atoms with Crippen molar-refractivity contribution in [2.75, 3.05) is 13.2 Å². The van der Waals surface area contributed by atoms with E-state index in [9.17, 15) is 4.79 Å². The van der Waals surface area contributed by atoms with E-state index in [1.54, 1.807) is 0 Å². The molecule has 29 heavy (non-hydrogen) atoms. The molecule has 0 heterocycles. The minimum atomic E-state index is -0.996. The van der Waals surface area contributed by atoms with Crippen LogP contribution in [0.1, 0.15) is 58.3 Å². The molecule has 4 heteroatoms. The average molecular weight is 403 g/mol. The van der Waals surface area contributed by atoms with Crippen LogP contribution in [0.2, 0.25) is 0 Å². The fourth-order valence-electron chi connectivity index (χ4n) is 2.15. The molecule has 0 rings (SSSR count). The molecule has 0 amide bonds.